The quantitative estimate of drug-likeness (QED) is 0.0244. The van der Waals surface area contributed by atoms with Crippen LogP contribution in [0.15, 0.2) is 72.9 Å². The molecule has 1 amide bonds. The summed E-state index contributed by atoms with van der Waals surface area (Å²) in [5, 5.41) is 13.8. The molecule has 0 aliphatic rings. The van der Waals surface area contributed by atoms with Crippen LogP contribution in [0.5, 0.6) is 0 Å². The number of nitrogens with one attached hydrogen (secondary N) is 1. The molecule has 60 heavy (non-hydrogen) atoms. The Labute approximate surface area is 370 Å². The number of carbonyl (C=O) groups excluding carboxylic acids is 1. The first-order valence-electron chi connectivity index (χ1n) is 24.3. The number of nitrogens with zero attached hydrogens (tertiary/aromatic N) is 1. The molecule has 0 aromatic carbocycles. The highest BCUT2D eigenvalue weighted by Crippen LogP contribution is 2.43. The Kier molecular flexibility index (Phi) is 40.8. The fourth-order valence-electron chi connectivity index (χ4n) is 6.58. The van der Waals surface area contributed by atoms with Crippen LogP contribution in [-0.4, -0.2) is 73.4 Å². The van der Waals surface area contributed by atoms with Gasteiger partial charge in [-0.3, -0.25) is 13.8 Å². The van der Waals surface area contributed by atoms with Crippen molar-refractivity contribution in [3.05, 3.63) is 72.9 Å². The maximum atomic E-state index is 12.9. The average molecular weight is 862 g/mol. The number of amides is 1. The lowest BCUT2D eigenvalue weighted by Gasteiger charge is -2.25. The summed E-state index contributed by atoms with van der Waals surface area (Å²) in [4.78, 5) is 23.2. The van der Waals surface area contributed by atoms with Gasteiger partial charge in [-0.05, 0) is 70.6 Å². The summed E-state index contributed by atoms with van der Waals surface area (Å²) in [6, 6.07) is -0.874. The molecule has 0 heterocycles. The fraction of sp³-hybridized carbons (Fsp3) is 0.745. The molecule has 3 atom stereocenters. The minimum absolute atomic E-state index is 0.0497. The third kappa shape index (κ3) is 44.0. The van der Waals surface area contributed by atoms with E-state index in [9.17, 15) is 19.4 Å². The molecule has 0 saturated heterocycles. The number of quaternary nitrogens is 1. The lowest BCUT2D eigenvalue weighted by Crippen LogP contribution is -2.45. The van der Waals surface area contributed by atoms with E-state index in [1.54, 1.807) is 6.08 Å². The van der Waals surface area contributed by atoms with Crippen molar-refractivity contribution in [2.45, 2.75) is 206 Å². The van der Waals surface area contributed by atoms with Crippen molar-refractivity contribution in [3.8, 4) is 0 Å². The number of hydrogen-bond acceptors (Lipinski definition) is 5. The molecule has 0 spiro atoms. The van der Waals surface area contributed by atoms with Gasteiger partial charge in [-0.2, -0.15) is 0 Å². The number of carbonyl (C=O) groups is 1. The summed E-state index contributed by atoms with van der Waals surface area (Å²) in [7, 11) is 1.53. The van der Waals surface area contributed by atoms with Gasteiger partial charge in [0.2, 0.25) is 5.91 Å². The largest absolute Gasteiger partial charge is 0.472 e. The Hall–Kier alpha value is -2.06. The summed E-state index contributed by atoms with van der Waals surface area (Å²) < 4.78 is 23.6. The maximum absolute atomic E-state index is 12.9. The van der Waals surface area contributed by atoms with Gasteiger partial charge < -0.3 is 19.8 Å². The number of allylic oxidation sites excluding steroid dienone is 11. The minimum Gasteiger partial charge on any atom is -0.387 e. The minimum atomic E-state index is -4.36. The van der Waals surface area contributed by atoms with Crippen LogP contribution in [0.1, 0.15) is 194 Å². The van der Waals surface area contributed by atoms with Crippen molar-refractivity contribution in [2.75, 3.05) is 40.9 Å². The highest BCUT2D eigenvalue weighted by atomic mass is 31.2. The molecular weight excluding hydrogens is 768 g/mol. The van der Waals surface area contributed by atoms with Crippen molar-refractivity contribution in [2.24, 2.45) is 0 Å². The van der Waals surface area contributed by atoms with Crippen molar-refractivity contribution < 1.29 is 32.9 Å². The van der Waals surface area contributed by atoms with E-state index in [-0.39, 0.29) is 19.1 Å². The molecule has 0 bridgehead atoms. The van der Waals surface area contributed by atoms with Crippen molar-refractivity contribution in [3.63, 3.8) is 0 Å². The van der Waals surface area contributed by atoms with Crippen LogP contribution in [0.3, 0.4) is 0 Å². The lowest BCUT2D eigenvalue weighted by atomic mass is 10.0. The van der Waals surface area contributed by atoms with Gasteiger partial charge in [0, 0.05) is 6.42 Å². The third-order valence-corrected chi connectivity index (χ3v) is 11.4. The van der Waals surface area contributed by atoms with E-state index in [1.807, 2.05) is 27.2 Å². The normalized spacial score (nSPS) is 14.8. The molecule has 3 unspecified atom stereocenters. The van der Waals surface area contributed by atoms with E-state index in [1.165, 1.54) is 96.3 Å². The highest BCUT2D eigenvalue weighted by molar-refractivity contribution is 7.47. The second kappa shape index (κ2) is 42.3. The first kappa shape index (κ1) is 57.9. The predicted molar refractivity (Wildman–Crippen MR) is 258 cm³/mol. The van der Waals surface area contributed by atoms with Crippen molar-refractivity contribution in [1.29, 1.82) is 0 Å². The molecule has 0 saturated carbocycles. The van der Waals surface area contributed by atoms with Crippen LogP contribution in [-0.2, 0) is 18.4 Å². The second-order valence-electron chi connectivity index (χ2n) is 17.4. The number of rotatable bonds is 43. The first-order chi connectivity index (χ1) is 29.0. The highest BCUT2D eigenvalue weighted by Gasteiger charge is 2.27. The number of aliphatic hydroxyl groups excluding tert-OH is 1. The van der Waals surface area contributed by atoms with Crippen LogP contribution in [0.2, 0.25) is 0 Å². The van der Waals surface area contributed by atoms with Gasteiger partial charge in [-0.1, -0.05) is 189 Å². The Morgan fingerprint density at radius 1 is 0.583 bits per heavy atom. The lowest BCUT2D eigenvalue weighted by molar-refractivity contribution is -0.870. The van der Waals surface area contributed by atoms with Crippen LogP contribution in [0.4, 0.5) is 0 Å². The molecule has 0 fully saturated rings. The zero-order valence-corrected chi connectivity index (χ0v) is 40.3. The summed E-state index contributed by atoms with van der Waals surface area (Å²) in [6.45, 7) is 4.66. The van der Waals surface area contributed by atoms with Gasteiger partial charge in [0.15, 0.2) is 0 Å². The van der Waals surface area contributed by atoms with E-state index >= 15 is 0 Å². The zero-order chi connectivity index (χ0) is 44.3. The predicted octanol–water partition coefficient (Wildman–Crippen LogP) is 14.0. The third-order valence-electron chi connectivity index (χ3n) is 10.4. The summed E-state index contributed by atoms with van der Waals surface area (Å²) in [5.74, 6) is -0.204. The zero-order valence-electron chi connectivity index (χ0n) is 39.4. The summed E-state index contributed by atoms with van der Waals surface area (Å²) >= 11 is 0. The molecule has 348 valence electrons. The molecule has 0 aliphatic carbocycles. The van der Waals surface area contributed by atoms with Crippen LogP contribution in [0.25, 0.3) is 0 Å². The molecule has 0 aromatic heterocycles. The van der Waals surface area contributed by atoms with Crippen LogP contribution in [0, 0.1) is 0 Å². The van der Waals surface area contributed by atoms with E-state index in [0.717, 1.165) is 77.0 Å². The molecule has 0 aromatic rings. The number of hydrogen-bond donors (Lipinski definition) is 3. The van der Waals surface area contributed by atoms with Gasteiger partial charge in [0.25, 0.3) is 0 Å². The van der Waals surface area contributed by atoms with Gasteiger partial charge in [0.05, 0.1) is 39.9 Å². The van der Waals surface area contributed by atoms with Crippen molar-refractivity contribution in [1.82, 2.24) is 5.32 Å². The number of phosphoric ester groups is 1. The molecule has 9 heteroatoms. The number of unbranched alkanes of at least 4 members (excludes halogenated alkanes) is 20. The molecule has 8 nitrogen and oxygen atoms in total. The number of likely N-dealkylation sites (N-methyl/N-ethyl adjacent to an activating group) is 1. The molecular formula is C51H94N2O6P+. The first-order valence-corrected chi connectivity index (χ1v) is 25.8. The number of aliphatic hydroxyl groups is 1. The second-order valence-corrected chi connectivity index (χ2v) is 18.9. The van der Waals surface area contributed by atoms with E-state index in [0.29, 0.717) is 17.4 Å². The SMILES string of the molecule is CC/C=C\C/C=C\C/C=C\C/C=C\CCCCCCCCC(=O)NC(COP(=O)(O)OCC[N+](C)(C)C)C(O)/C=C/CC/C=C/CCCCCCCCCCCCCCC. The summed E-state index contributed by atoms with van der Waals surface area (Å²) in [5.41, 5.74) is 0. The number of phosphoric acid groups is 1. The van der Waals surface area contributed by atoms with Gasteiger partial charge in [-0.15, -0.1) is 0 Å². The summed E-state index contributed by atoms with van der Waals surface area (Å²) in [6.07, 6.45) is 56.9. The van der Waals surface area contributed by atoms with Crippen LogP contribution >= 0.6 is 7.82 Å². The molecule has 0 radical (unpaired) electrons. The Morgan fingerprint density at radius 3 is 1.53 bits per heavy atom. The Morgan fingerprint density at radius 2 is 1.02 bits per heavy atom. The van der Waals surface area contributed by atoms with Gasteiger partial charge >= 0.3 is 7.82 Å². The van der Waals surface area contributed by atoms with Gasteiger partial charge in [-0.25, -0.2) is 4.57 Å². The van der Waals surface area contributed by atoms with E-state index in [2.05, 4.69) is 79.9 Å². The maximum Gasteiger partial charge on any atom is 0.472 e. The topological polar surface area (TPSA) is 105 Å². The average Bonchev–Trinajstić information content (AvgIpc) is 3.20. The Balaban J connectivity index is 4.45. The molecule has 3 N–H and O–H groups in total. The van der Waals surface area contributed by atoms with Crippen LogP contribution < -0.4 is 5.32 Å². The molecule has 0 aliphatic heterocycles. The smallest absolute Gasteiger partial charge is 0.387 e. The molecule has 0 rings (SSSR count). The van der Waals surface area contributed by atoms with Crippen molar-refractivity contribution >= 4 is 13.7 Å². The van der Waals surface area contributed by atoms with E-state index < -0.39 is 20.0 Å². The van der Waals surface area contributed by atoms with E-state index in [4.69, 9.17) is 9.05 Å². The van der Waals surface area contributed by atoms with Gasteiger partial charge in [0.1, 0.15) is 13.2 Å². The fourth-order valence-corrected chi connectivity index (χ4v) is 7.31. The monoisotopic (exact) mass is 862 g/mol. The Bertz CT molecular complexity index is 1200. The standard InChI is InChI=1S/C51H93N2O6P/c1-6-8-10-12-14-16-18-20-22-24-26-28-30-32-34-36-38-40-42-44-50(54)49(48-59-60(56,57)58-47-46-53(3,4)5)52-51(55)45-43-41-39-37-35-33-31-29-27-25-23-21-19-17-15-13-11-9-7-2/h9,11,15,17,21,23,27,29,34,36,42,44,49-50,54H,6-8,10,12-14,16,18-20,22,24-26,28,30-33,35,37-41,43,45-48H2,1-5H3,(H-,52,55,56,57)/p+1/b11-9-,17-15-,23-21-,29-27-,36-34+,44-42+.